The van der Waals surface area contributed by atoms with Gasteiger partial charge in [-0.1, -0.05) is 13.8 Å². The predicted molar refractivity (Wildman–Crippen MR) is 115 cm³/mol. The van der Waals surface area contributed by atoms with Gasteiger partial charge >= 0.3 is 0 Å². The predicted octanol–water partition coefficient (Wildman–Crippen LogP) is 3.84. The third kappa shape index (κ3) is 3.41. The largest absolute Gasteiger partial charge is 0.393 e. The first-order valence-corrected chi connectivity index (χ1v) is 12.6. The van der Waals surface area contributed by atoms with Crippen molar-refractivity contribution >= 4 is 0 Å². The summed E-state index contributed by atoms with van der Waals surface area (Å²) in [4.78, 5) is 2.53. The molecule has 4 saturated carbocycles. The number of likely N-dealkylation sites (tertiary alicyclic amines) is 1. The summed E-state index contributed by atoms with van der Waals surface area (Å²) in [6.07, 6.45) is 11.6. The highest BCUT2D eigenvalue weighted by atomic mass is 16.5. The Morgan fingerprint density at radius 1 is 0.862 bits per heavy atom. The summed E-state index contributed by atoms with van der Waals surface area (Å²) < 4.78 is 6.34. The Morgan fingerprint density at radius 2 is 1.59 bits per heavy atom. The van der Waals surface area contributed by atoms with Crippen molar-refractivity contribution in [2.24, 2.45) is 34.5 Å². The molecule has 0 amide bonds. The molecule has 29 heavy (non-hydrogen) atoms. The molecule has 4 heteroatoms. The quantitative estimate of drug-likeness (QED) is 0.746. The number of aliphatic hydroxyl groups is 2. The lowest BCUT2D eigenvalue weighted by Gasteiger charge is -2.62. The van der Waals surface area contributed by atoms with Crippen LogP contribution in [-0.2, 0) is 4.74 Å². The Kier molecular flexibility index (Phi) is 5.55. The number of rotatable bonds is 4. The lowest BCUT2D eigenvalue weighted by atomic mass is 9.44. The Bertz CT molecular complexity index is 593. The van der Waals surface area contributed by atoms with Crippen molar-refractivity contribution in [1.82, 2.24) is 4.90 Å². The summed E-state index contributed by atoms with van der Waals surface area (Å²) in [5, 5.41) is 21.9. The lowest BCUT2D eigenvalue weighted by molar-refractivity contribution is -0.179. The zero-order chi connectivity index (χ0) is 20.2. The fourth-order valence-electron chi connectivity index (χ4n) is 8.74. The molecule has 1 aliphatic heterocycles. The number of hydrogen-bond acceptors (Lipinski definition) is 4. The Hall–Kier alpha value is -0.160. The van der Waals surface area contributed by atoms with Crippen molar-refractivity contribution in [3.63, 3.8) is 0 Å². The van der Waals surface area contributed by atoms with E-state index in [1.807, 2.05) is 0 Å². The van der Waals surface area contributed by atoms with Gasteiger partial charge in [0.05, 0.1) is 24.9 Å². The fourth-order valence-corrected chi connectivity index (χ4v) is 8.74. The zero-order valence-corrected chi connectivity index (χ0v) is 18.7. The minimum Gasteiger partial charge on any atom is -0.393 e. The molecule has 4 aliphatic carbocycles. The molecule has 1 saturated heterocycles. The molecular weight excluding hydrogens is 362 g/mol. The van der Waals surface area contributed by atoms with Crippen LogP contribution < -0.4 is 0 Å². The molecule has 0 spiro atoms. The van der Waals surface area contributed by atoms with Gasteiger partial charge in [0.1, 0.15) is 0 Å². The third-order valence-electron chi connectivity index (χ3n) is 10.5. The average Bonchev–Trinajstić information content (AvgIpc) is 3.31. The topological polar surface area (TPSA) is 52.9 Å². The van der Waals surface area contributed by atoms with E-state index in [1.165, 1.54) is 45.2 Å². The molecule has 0 aromatic heterocycles. The Balaban J connectivity index is 1.24. The van der Waals surface area contributed by atoms with Crippen LogP contribution >= 0.6 is 0 Å². The maximum atomic E-state index is 11.3. The van der Waals surface area contributed by atoms with Crippen LogP contribution in [0, 0.1) is 34.5 Å². The molecule has 0 bridgehead atoms. The van der Waals surface area contributed by atoms with E-state index in [2.05, 4.69) is 18.7 Å². The van der Waals surface area contributed by atoms with Gasteiger partial charge in [-0.25, -0.2) is 0 Å². The summed E-state index contributed by atoms with van der Waals surface area (Å²) >= 11 is 0. The second kappa shape index (κ2) is 7.76. The molecule has 9 atom stereocenters. The van der Waals surface area contributed by atoms with E-state index in [0.29, 0.717) is 23.9 Å². The highest BCUT2D eigenvalue weighted by Gasteiger charge is 2.62. The van der Waals surface area contributed by atoms with Gasteiger partial charge in [0.25, 0.3) is 0 Å². The van der Waals surface area contributed by atoms with Crippen LogP contribution in [0.4, 0.5) is 0 Å². The SMILES string of the molecule is C[C@]12CCC(OCCN3CCCC3)CC1C(O)C[C@@H]1[C@H]2CC[C@]2(C)C(O)CC[C@@H]12. The van der Waals surface area contributed by atoms with Crippen LogP contribution in [0.5, 0.6) is 0 Å². The molecular formula is C25H43NO3. The minimum absolute atomic E-state index is 0.0972. The number of ether oxygens (including phenoxy) is 1. The van der Waals surface area contributed by atoms with Gasteiger partial charge in [-0.3, -0.25) is 0 Å². The van der Waals surface area contributed by atoms with E-state index in [-0.39, 0.29) is 23.0 Å². The summed E-state index contributed by atoms with van der Waals surface area (Å²) in [6.45, 7) is 9.24. The van der Waals surface area contributed by atoms with Gasteiger partial charge < -0.3 is 19.8 Å². The number of nitrogens with zero attached hydrogens (tertiary/aromatic N) is 1. The van der Waals surface area contributed by atoms with E-state index in [1.54, 1.807) is 0 Å². The lowest BCUT2D eigenvalue weighted by Crippen LogP contribution is -2.58. The van der Waals surface area contributed by atoms with Crippen molar-refractivity contribution in [3.05, 3.63) is 0 Å². The Morgan fingerprint density at radius 3 is 2.38 bits per heavy atom. The molecule has 2 N–H and O–H groups in total. The first-order chi connectivity index (χ1) is 13.9. The van der Waals surface area contributed by atoms with E-state index in [0.717, 1.165) is 51.2 Å². The molecule has 166 valence electrons. The third-order valence-corrected chi connectivity index (χ3v) is 10.5. The van der Waals surface area contributed by atoms with Crippen LogP contribution in [0.3, 0.4) is 0 Å². The number of fused-ring (bicyclic) bond motifs is 5. The van der Waals surface area contributed by atoms with Crippen molar-refractivity contribution in [3.8, 4) is 0 Å². The average molecular weight is 406 g/mol. The van der Waals surface area contributed by atoms with Gasteiger partial charge in [-0.2, -0.15) is 0 Å². The summed E-state index contributed by atoms with van der Waals surface area (Å²) in [5.41, 5.74) is 0.353. The summed E-state index contributed by atoms with van der Waals surface area (Å²) in [7, 11) is 0. The van der Waals surface area contributed by atoms with Crippen molar-refractivity contribution < 1.29 is 14.9 Å². The van der Waals surface area contributed by atoms with Crippen LogP contribution in [0.25, 0.3) is 0 Å². The zero-order valence-electron chi connectivity index (χ0n) is 18.7. The second-order valence-electron chi connectivity index (χ2n) is 11.7. The van der Waals surface area contributed by atoms with E-state index < -0.39 is 0 Å². The van der Waals surface area contributed by atoms with Gasteiger partial charge in [0, 0.05) is 6.54 Å². The fraction of sp³-hybridized carbons (Fsp3) is 1.00. The molecule has 5 fully saturated rings. The van der Waals surface area contributed by atoms with Crippen LogP contribution in [-0.4, -0.2) is 59.7 Å². The van der Waals surface area contributed by atoms with Gasteiger partial charge in [0.15, 0.2) is 0 Å². The first kappa shape index (κ1) is 20.7. The van der Waals surface area contributed by atoms with E-state index in [9.17, 15) is 10.2 Å². The van der Waals surface area contributed by atoms with Crippen LogP contribution in [0.1, 0.15) is 78.1 Å². The van der Waals surface area contributed by atoms with E-state index in [4.69, 9.17) is 4.74 Å². The van der Waals surface area contributed by atoms with Gasteiger partial charge in [-0.05, 0) is 112 Å². The van der Waals surface area contributed by atoms with Crippen molar-refractivity contribution in [2.45, 2.75) is 96.4 Å². The standard InChI is InChI=1S/C25H43NO3/c1-24-9-7-17(29-14-13-26-11-3-4-12-26)15-21(24)22(27)16-18-19-5-6-23(28)25(19,2)10-8-20(18)24/h17-23,27-28H,3-16H2,1-2H3/t17?,18-,19-,20+,21?,22?,23?,24+,25-/m0/s1. The molecule has 4 nitrogen and oxygen atoms in total. The maximum absolute atomic E-state index is 11.3. The second-order valence-corrected chi connectivity index (χ2v) is 11.7. The minimum atomic E-state index is -0.189. The summed E-state index contributed by atoms with van der Waals surface area (Å²) in [5.74, 6) is 2.34. The maximum Gasteiger partial charge on any atom is 0.0597 e. The highest BCUT2D eigenvalue weighted by molar-refractivity contribution is 5.11. The van der Waals surface area contributed by atoms with Crippen molar-refractivity contribution in [1.29, 1.82) is 0 Å². The van der Waals surface area contributed by atoms with Crippen LogP contribution in [0.15, 0.2) is 0 Å². The number of hydrogen-bond donors (Lipinski definition) is 2. The molecule has 4 unspecified atom stereocenters. The highest BCUT2D eigenvalue weighted by Crippen LogP contribution is 2.66. The molecule has 0 aromatic carbocycles. The van der Waals surface area contributed by atoms with Crippen molar-refractivity contribution in [2.75, 3.05) is 26.2 Å². The monoisotopic (exact) mass is 405 g/mol. The van der Waals surface area contributed by atoms with Crippen LogP contribution in [0.2, 0.25) is 0 Å². The molecule has 0 radical (unpaired) electrons. The molecule has 1 heterocycles. The molecule has 5 rings (SSSR count). The normalized spacial score (nSPS) is 52.8. The Labute approximate surface area is 177 Å². The molecule has 5 aliphatic rings. The molecule has 0 aromatic rings. The van der Waals surface area contributed by atoms with Gasteiger partial charge in [-0.15, -0.1) is 0 Å². The number of aliphatic hydroxyl groups excluding tert-OH is 2. The summed E-state index contributed by atoms with van der Waals surface area (Å²) in [6, 6.07) is 0. The van der Waals surface area contributed by atoms with E-state index >= 15 is 0 Å². The van der Waals surface area contributed by atoms with Gasteiger partial charge in [0.2, 0.25) is 0 Å². The first-order valence-electron chi connectivity index (χ1n) is 12.6. The smallest absolute Gasteiger partial charge is 0.0597 e.